The van der Waals surface area contributed by atoms with Gasteiger partial charge in [-0.2, -0.15) is 0 Å². The van der Waals surface area contributed by atoms with E-state index in [9.17, 15) is 24.6 Å². The first-order valence-electron chi connectivity index (χ1n) is 6.12. The molecule has 1 amide bonds. The number of hydrogen-bond donors (Lipinski definition) is 4. The topological polar surface area (TPSA) is 124 Å². The lowest BCUT2D eigenvalue weighted by Gasteiger charge is -2.30. The highest BCUT2D eigenvalue weighted by Gasteiger charge is 2.51. The maximum absolute atomic E-state index is 11.5. The number of rotatable bonds is 2. The van der Waals surface area contributed by atoms with E-state index < -0.39 is 34.7 Å². The van der Waals surface area contributed by atoms with Crippen molar-refractivity contribution >= 4 is 29.6 Å². The number of carboxylic acid groups (broad SMARTS) is 2. The van der Waals surface area contributed by atoms with Gasteiger partial charge >= 0.3 is 17.8 Å². The predicted molar refractivity (Wildman–Crippen MR) is 69.8 cm³/mol. The van der Waals surface area contributed by atoms with Gasteiger partial charge in [-0.15, -0.1) is 11.8 Å². The molecule has 0 saturated heterocycles. The average molecular weight is 301 g/mol. The molecule has 0 fully saturated rings. The van der Waals surface area contributed by atoms with Crippen molar-refractivity contribution in [2.24, 2.45) is 5.92 Å². The summed E-state index contributed by atoms with van der Waals surface area (Å²) < 4.78 is 0. The van der Waals surface area contributed by atoms with E-state index in [1.807, 2.05) is 0 Å². The van der Waals surface area contributed by atoms with Crippen molar-refractivity contribution in [2.45, 2.75) is 37.2 Å². The Kier molecular flexibility index (Phi) is 3.79. The average Bonchev–Trinajstić information content (AvgIpc) is 2.59. The van der Waals surface area contributed by atoms with Crippen LogP contribution < -0.4 is 5.32 Å². The summed E-state index contributed by atoms with van der Waals surface area (Å²) in [6.45, 7) is 1.50. The molecule has 0 bridgehead atoms. The molecule has 1 aliphatic carbocycles. The number of aliphatic hydroxyl groups excluding tert-OH is 1. The van der Waals surface area contributed by atoms with E-state index >= 15 is 0 Å². The van der Waals surface area contributed by atoms with Crippen molar-refractivity contribution in [3.05, 3.63) is 10.5 Å². The summed E-state index contributed by atoms with van der Waals surface area (Å²) in [4.78, 5) is 33.0. The molecule has 20 heavy (non-hydrogen) atoms. The summed E-state index contributed by atoms with van der Waals surface area (Å²) in [5.74, 6) is -4.96. The number of amides is 1. The lowest BCUT2D eigenvalue weighted by Crippen LogP contribution is -2.52. The highest BCUT2D eigenvalue weighted by molar-refractivity contribution is 8.04. The monoisotopic (exact) mass is 301 g/mol. The Hall–Kier alpha value is -1.54. The van der Waals surface area contributed by atoms with Gasteiger partial charge in [0.1, 0.15) is 10.8 Å². The first-order chi connectivity index (χ1) is 9.24. The molecule has 0 aromatic carbocycles. The van der Waals surface area contributed by atoms with Crippen LogP contribution in [0.3, 0.4) is 0 Å². The molecule has 8 heteroatoms. The van der Waals surface area contributed by atoms with Gasteiger partial charge in [0, 0.05) is 6.42 Å². The molecule has 7 nitrogen and oxygen atoms in total. The molecule has 1 aliphatic heterocycles. The number of hydrogen-bond acceptors (Lipinski definition) is 5. The fourth-order valence-electron chi connectivity index (χ4n) is 2.73. The van der Waals surface area contributed by atoms with Gasteiger partial charge in [-0.25, -0.2) is 4.79 Å². The molecule has 0 aromatic heterocycles. The number of aliphatic carboxylic acids is 2. The van der Waals surface area contributed by atoms with Crippen molar-refractivity contribution in [2.75, 3.05) is 0 Å². The first kappa shape index (κ1) is 14.9. The minimum atomic E-state index is -1.65. The maximum atomic E-state index is 11.5. The van der Waals surface area contributed by atoms with E-state index in [-0.39, 0.29) is 0 Å². The molecule has 0 radical (unpaired) electrons. The van der Waals surface area contributed by atoms with Crippen LogP contribution >= 0.6 is 11.8 Å². The smallest absolute Gasteiger partial charge is 0.394 e. The number of nitrogens with one attached hydrogen (secondary N) is 1. The second-order valence-electron chi connectivity index (χ2n) is 5.08. The summed E-state index contributed by atoms with van der Waals surface area (Å²) in [6.07, 6.45) is 0.751. The van der Waals surface area contributed by atoms with E-state index in [0.29, 0.717) is 24.8 Å². The van der Waals surface area contributed by atoms with Gasteiger partial charge in [0.25, 0.3) is 0 Å². The third kappa shape index (κ3) is 2.53. The third-order valence-corrected chi connectivity index (χ3v) is 5.00. The summed E-state index contributed by atoms with van der Waals surface area (Å²) in [6, 6.07) is 0. The summed E-state index contributed by atoms with van der Waals surface area (Å²) in [7, 11) is 0. The lowest BCUT2D eigenvalue weighted by atomic mass is 9.84. The first-order valence-corrected chi connectivity index (χ1v) is 6.93. The number of carboxylic acids is 2. The van der Waals surface area contributed by atoms with E-state index in [0.717, 1.165) is 16.7 Å². The minimum Gasteiger partial charge on any atom is -0.481 e. The van der Waals surface area contributed by atoms with Crippen LogP contribution in [0.4, 0.5) is 0 Å². The van der Waals surface area contributed by atoms with Crippen molar-refractivity contribution in [1.82, 2.24) is 5.32 Å². The van der Waals surface area contributed by atoms with Crippen molar-refractivity contribution in [1.29, 1.82) is 0 Å². The van der Waals surface area contributed by atoms with Gasteiger partial charge in [-0.3, -0.25) is 9.59 Å². The zero-order valence-corrected chi connectivity index (χ0v) is 11.6. The summed E-state index contributed by atoms with van der Waals surface area (Å²) in [5, 5.41) is 30.0. The Morgan fingerprint density at radius 2 is 2.00 bits per heavy atom. The number of carbonyl (C=O) groups is 3. The summed E-state index contributed by atoms with van der Waals surface area (Å²) in [5.41, 5.74) is 0.681. The summed E-state index contributed by atoms with van der Waals surface area (Å²) >= 11 is 1.13. The number of thioether (sulfide) groups is 1. The molecular formula is C12H15NO6S. The van der Waals surface area contributed by atoms with E-state index in [1.165, 1.54) is 6.92 Å². The largest absolute Gasteiger partial charge is 0.481 e. The quantitative estimate of drug-likeness (QED) is 0.535. The van der Waals surface area contributed by atoms with E-state index in [4.69, 9.17) is 5.11 Å². The molecule has 0 saturated carbocycles. The Balaban J connectivity index is 2.30. The molecule has 3 atom stereocenters. The van der Waals surface area contributed by atoms with Crippen LogP contribution in [0.2, 0.25) is 0 Å². The molecule has 110 valence electrons. The molecule has 2 rings (SSSR count). The van der Waals surface area contributed by atoms with Crippen LogP contribution in [0.15, 0.2) is 10.5 Å². The van der Waals surface area contributed by atoms with Gasteiger partial charge in [0.2, 0.25) is 0 Å². The standard InChI is InChI=1S/C12H15NO6S/c1-12(13-9(15)11(18)19)8(10(16)17)6-3-2-5(14)4-7(6)20-12/h5,8,14H,2-4H2,1H3,(H,13,15)(H,16,17)(H,18,19). The van der Waals surface area contributed by atoms with Crippen LogP contribution in [0.5, 0.6) is 0 Å². The minimum absolute atomic E-state index is 0.350. The second-order valence-corrected chi connectivity index (χ2v) is 6.63. The Morgan fingerprint density at radius 3 is 2.55 bits per heavy atom. The zero-order chi connectivity index (χ0) is 15.1. The van der Waals surface area contributed by atoms with Crippen LogP contribution in [0.25, 0.3) is 0 Å². The normalized spacial score (nSPS) is 32.7. The van der Waals surface area contributed by atoms with Crippen LogP contribution in [-0.4, -0.2) is 44.1 Å². The molecule has 0 spiro atoms. The van der Waals surface area contributed by atoms with Gasteiger partial charge in [-0.1, -0.05) is 0 Å². The third-order valence-electron chi connectivity index (χ3n) is 3.56. The Bertz CT molecular complexity index is 516. The fraction of sp³-hybridized carbons (Fsp3) is 0.583. The van der Waals surface area contributed by atoms with Crippen molar-refractivity contribution in [3.8, 4) is 0 Å². The van der Waals surface area contributed by atoms with Crippen LogP contribution in [-0.2, 0) is 14.4 Å². The van der Waals surface area contributed by atoms with Gasteiger partial charge in [0.05, 0.1) is 6.10 Å². The Morgan fingerprint density at radius 1 is 1.35 bits per heavy atom. The highest BCUT2D eigenvalue weighted by Crippen LogP contribution is 2.53. The maximum Gasteiger partial charge on any atom is 0.394 e. The fourth-order valence-corrected chi connectivity index (χ4v) is 4.37. The van der Waals surface area contributed by atoms with E-state index in [2.05, 4.69) is 5.32 Å². The van der Waals surface area contributed by atoms with Gasteiger partial charge in [0.15, 0.2) is 0 Å². The second kappa shape index (κ2) is 5.10. The molecule has 1 heterocycles. The van der Waals surface area contributed by atoms with Gasteiger partial charge in [-0.05, 0) is 30.2 Å². The van der Waals surface area contributed by atoms with E-state index in [1.54, 1.807) is 0 Å². The number of aliphatic hydroxyl groups is 1. The molecule has 0 aromatic rings. The van der Waals surface area contributed by atoms with Crippen molar-refractivity contribution < 1.29 is 29.7 Å². The van der Waals surface area contributed by atoms with Crippen LogP contribution in [0, 0.1) is 5.92 Å². The molecule has 4 N–H and O–H groups in total. The lowest BCUT2D eigenvalue weighted by molar-refractivity contribution is -0.151. The van der Waals surface area contributed by atoms with Crippen LogP contribution in [0.1, 0.15) is 26.2 Å². The molecule has 2 aliphatic rings. The number of carbonyl (C=O) groups excluding carboxylic acids is 1. The molecular weight excluding hydrogens is 286 g/mol. The zero-order valence-electron chi connectivity index (χ0n) is 10.8. The predicted octanol–water partition coefficient (Wildman–Crippen LogP) is 0.150. The highest BCUT2D eigenvalue weighted by atomic mass is 32.2. The molecule has 3 unspecified atom stereocenters. The Labute approximate surface area is 119 Å². The van der Waals surface area contributed by atoms with Gasteiger partial charge < -0.3 is 20.6 Å². The SMILES string of the molecule is CC1(NC(=O)C(=O)O)SC2=C(CCC(O)C2)C1C(=O)O. The van der Waals surface area contributed by atoms with Crippen molar-refractivity contribution in [3.63, 3.8) is 0 Å².